The summed E-state index contributed by atoms with van der Waals surface area (Å²) >= 11 is 1.63. The van der Waals surface area contributed by atoms with Gasteiger partial charge in [-0.3, -0.25) is 0 Å². The molecule has 0 amide bonds. The molecule has 0 N–H and O–H groups in total. The summed E-state index contributed by atoms with van der Waals surface area (Å²) in [6, 6.07) is 0. The molecule has 0 aromatic rings. The highest BCUT2D eigenvalue weighted by Crippen LogP contribution is 2.13. The molecule has 0 radical (unpaired) electrons. The zero-order chi connectivity index (χ0) is 7.98. The Morgan fingerprint density at radius 3 is 2.80 bits per heavy atom. The second-order valence-electron chi connectivity index (χ2n) is 1.94. The lowest BCUT2D eigenvalue weighted by Gasteiger charge is -1.94. The Labute approximate surface area is 66.2 Å². The Balaban J connectivity index is 3.56. The van der Waals surface area contributed by atoms with Crippen molar-refractivity contribution in [1.82, 2.24) is 0 Å². The number of hydrogen-bond donors (Lipinski definition) is 0. The maximum Gasteiger partial charge on any atom is 0.116 e. The van der Waals surface area contributed by atoms with Crippen LogP contribution in [0, 0.1) is 0 Å². The van der Waals surface area contributed by atoms with Gasteiger partial charge in [0, 0.05) is 0 Å². The molecule has 0 aromatic heterocycles. The van der Waals surface area contributed by atoms with Crippen LogP contribution in [0.5, 0.6) is 0 Å². The zero-order valence-corrected chi connectivity index (χ0v) is 7.25. The molecule has 0 fully saturated rings. The topological polar surface area (TPSA) is 0 Å². The van der Waals surface area contributed by atoms with E-state index in [9.17, 15) is 4.39 Å². The van der Waals surface area contributed by atoms with Gasteiger partial charge in [0.15, 0.2) is 0 Å². The summed E-state index contributed by atoms with van der Waals surface area (Å²) < 4.78 is 12.2. The van der Waals surface area contributed by atoms with E-state index in [1.54, 1.807) is 17.8 Å². The molecule has 0 aliphatic carbocycles. The van der Waals surface area contributed by atoms with Gasteiger partial charge in [-0.1, -0.05) is 19.6 Å². The summed E-state index contributed by atoms with van der Waals surface area (Å²) in [5.41, 5.74) is 0. The largest absolute Gasteiger partial charge is 0.243 e. The fraction of sp³-hybridized carbons (Fsp3) is 0.500. The van der Waals surface area contributed by atoms with E-state index in [-0.39, 0.29) is 0 Å². The number of halogens is 1. The molecule has 0 aliphatic heterocycles. The smallest absolute Gasteiger partial charge is 0.116 e. The summed E-state index contributed by atoms with van der Waals surface area (Å²) in [5.74, 6) is 0.990. The average Bonchev–Trinajstić information content (AvgIpc) is 1.85. The number of thioether (sulfide) groups is 1. The molecule has 0 saturated heterocycles. The lowest BCUT2D eigenvalue weighted by Crippen LogP contribution is -1.82. The highest BCUT2D eigenvalue weighted by molar-refractivity contribution is 8.03. The van der Waals surface area contributed by atoms with E-state index in [0.717, 1.165) is 10.7 Å². The standard InChI is InChI=1S/C8H13FS/c1-4-10-8(3)6-5-7(2)9/h5-7H,3-4H2,1-2H3/b6-5-. The van der Waals surface area contributed by atoms with Crippen molar-refractivity contribution in [3.05, 3.63) is 23.6 Å². The minimum atomic E-state index is -0.866. The van der Waals surface area contributed by atoms with Gasteiger partial charge in [-0.2, -0.15) is 0 Å². The van der Waals surface area contributed by atoms with Crippen molar-refractivity contribution < 1.29 is 4.39 Å². The average molecular weight is 160 g/mol. The van der Waals surface area contributed by atoms with Crippen LogP contribution in [0.1, 0.15) is 13.8 Å². The predicted octanol–water partition coefficient (Wildman–Crippen LogP) is 3.17. The van der Waals surface area contributed by atoms with Crippen LogP contribution in [-0.4, -0.2) is 11.9 Å². The van der Waals surface area contributed by atoms with Crippen LogP contribution in [0.4, 0.5) is 4.39 Å². The van der Waals surface area contributed by atoms with Crippen molar-refractivity contribution in [1.29, 1.82) is 0 Å². The van der Waals surface area contributed by atoms with E-state index in [0.29, 0.717) is 0 Å². The van der Waals surface area contributed by atoms with Crippen LogP contribution in [0.3, 0.4) is 0 Å². The zero-order valence-electron chi connectivity index (χ0n) is 6.43. The van der Waals surface area contributed by atoms with Gasteiger partial charge in [-0.05, 0) is 23.7 Å². The lowest BCUT2D eigenvalue weighted by molar-refractivity contribution is 0.430. The first-order chi connectivity index (χ1) is 4.66. The van der Waals surface area contributed by atoms with Crippen LogP contribution in [0.15, 0.2) is 23.6 Å². The van der Waals surface area contributed by atoms with E-state index >= 15 is 0 Å². The fourth-order valence-corrected chi connectivity index (χ4v) is 1.02. The van der Waals surface area contributed by atoms with Gasteiger partial charge < -0.3 is 0 Å². The third-order valence-corrected chi connectivity index (χ3v) is 1.67. The molecular weight excluding hydrogens is 147 g/mol. The van der Waals surface area contributed by atoms with Crippen LogP contribution in [-0.2, 0) is 0 Å². The molecule has 0 saturated carbocycles. The van der Waals surface area contributed by atoms with Gasteiger partial charge in [-0.15, -0.1) is 11.8 Å². The first kappa shape index (κ1) is 9.76. The van der Waals surface area contributed by atoms with E-state index < -0.39 is 6.17 Å². The minimum Gasteiger partial charge on any atom is -0.243 e. The van der Waals surface area contributed by atoms with E-state index in [1.807, 2.05) is 6.92 Å². The quantitative estimate of drug-likeness (QED) is 0.569. The maximum atomic E-state index is 12.2. The predicted molar refractivity (Wildman–Crippen MR) is 47.0 cm³/mol. The summed E-state index contributed by atoms with van der Waals surface area (Å²) in [7, 11) is 0. The molecule has 1 atom stereocenters. The van der Waals surface area contributed by atoms with Gasteiger partial charge >= 0.3 is 0 Å². The second kappa shape index (κ2) is 5.54. The molecule has 10 heavy (non-hydrogen) atoms. The second-order valence-corrected chi connectivity index (χ2v) is 3.33. The Bertz CT molecular complexity index is 127. The SMILES string of the molecule is C=C(/C=C\C(C)F)SCC. The molecule has 0 aromatic carbocycles. The Kier molecular flexibility index (Phi) is 5.40. The van der Waals surface area contributed by atoms with Crippen LogP contribution in [0.25, 0.3) is 0 Å². The van der Waals surface area contributed by atoms with E-state index in [1.165, 1.54) is 13.0 Å². The molecule has 0 aliphatic rings. The highest BCUT2D eigenvalue weighted by Gasteiger charge is 1.89. The Morgan fingerprint density at radius 1 is 1.80 bits per heavy atom. The molecule has 1 unspecified atom stereocenters. The molecule has 0 spiro atoms. The van der Waals surface area contributed by atoms with Crippen LogP contribution in [0.2, 0.25) is 0 Å². The Hall–Kier alpha value is -0.240. The minimum absolute atomic E-state index is 0.866. The Morgan fingerprint density at radius 2 is 2.40 bits per heavy atom. The normalized spacial score (nSPS) is 13.9. The summed E-state index contributed by atoms with van der Waals surface area (Å²) in [5, 5.41) is 0. The van der Waals surface area contributed by atoms with Crippen LogP contribution < -0.4 is 0 Å². The molecule has 0 nitrogen and oxygen atoms in total. The van der Waals surface area contributed by atoms with Gasteiger partial charge in [0.05, 0.1) is 0 Å². The van der Waals surface area contributed by atoms with Crippen LogP contribution >= 0.6 is 11.8 Å². The maximum absolute atomic E-state index is 12.2. The van der Waals surface area contributed by atoms with Gasteiger partial charge in [-0.25, -0.2) is 4.39 Å². The lowest BCUT2D eigenvalue weighted by atomic mass is 10.4. The molecular formula is C8H13FS. The summed E-state index contributed by atoms with van der Waals surface area (Å²) in [6.07, 6.45) is 2.36. The van der Waals surface area contributed by atoms with Crippen molar-refractivity contribution in [3.63, 3.8) is 0 Å². The van der Waals surface area contributed by atoms with Crippen molar-refractivity contribution in [2.45, 2.75) is 20.0 Å². The van der Waals surface area contributed by atoms with Gasteiger partial charge in [0.1, 0.15) is 6.17 Å². The van der Waals surface area contributed by atoms with Crippen molar-refractivity contribution in [2.24, 2.45) is 0 Å². The summed E-state index contributed by atoms with van der Waals surface area (Å²) in [4.78, 5) is 0.923. The van der Waals surface area contributed by atoms with Gasteiger partial charge in [0.25, 0.3) is 0 Å². The first-order valence-electron chi connectivity index (χ1n) is 3.30. The number of hydrogen-bond acceptors (Lipinski definition) is 1. The molecule has 2 heteroatoms. The third kappa shape index (κ3) is 5.89. The monoisotopic (exact) mass is 160 g/mol. The van der Waals surface area contributed by atoms with E-state index in [2.05, 4.69) is 6.58 Å². The number of allylic oxidation sites excluding steroid dienone is 2. The number of rotatable bonds is 4. The molecule has 58 valence electrons. The highest BCUT2D eigenvalue weighted by atomic mass is 32.2. The number of alkyl halides is 1. The molecule has 0 rings (SSSR count). The van der Waals surface area contributed by atoms with Crippen molar-refractivity contribution in [3.8, 4) is 0 Å². The van der Waals surface area contributed by atoms with Crippen molar-refractivity contribution >= 4 is 11.8 Å². The third-order valence-electron chi connectivity index (χ3n) is 0.877. The van der Waals surface area contributed by atoms with E-state index in [4.69, 9.17) is 0 Å². The molecule has 0 heterocycles. The van der Waals surface area contributed by atoms with Crippen molar-refractivity contribution in [2.75, 3.05) is 5.75 Å². The first-order valence-corrected chi connectivity index (χ1v) is 4.29. The summed E-state index contributed by atoms with van der Waals surface area (Å²) in [6.45, 7) is 7.27. The molecule has 0 bridgehead atoms. The fourth-order valence-electron chi connectivity index (χ4n) is 0.473. The van der Waals surface area contributed by atoms with Gasteiger partial charge in [0.2, 0.25) is 0 Å².